The Morgan fingerprint density at radius 2 is 1.64 bits per heavy atom. The van der Waals surface area contributed by atoms with E-state index in [1.165, 1.54) is 16.8 Å². The Morgan fingerprint density at radius 1 is 1.00 bits per heavy atom. The van der Waals surface area contributed by atoms with Gasteiger partial charge >= 0.3 is 12.0 Å². The molecule has 172 valence electrons. The van der Waals surface area contributed by atoms with Crippen molar-refractivity contribution in [2.45, 2.75) is 39.8 Å². The Labute approximate surface area is 191 Å². The number of carboxylic acids is 1. The minimum absolute atomic E-state index is 0.277. The van der Waals surface area contributed by atoms with Crippen LogP contribution < -0.4 is 16.2 Å². The normalized spacial score (nSPS) is 11.6. The van der Waals surface area contributed by atoms with Crippen LogP contribution in [0.15, 0.2) is 59.5 Å². The van der Waals surface area contributed by atoms with Gasteiger partial charge in [-0.1, -0.05) is 48.0 Å². The number of hydrogen-bond donors (Lipinski definition) is 4. The number of nitrogens with zero attached hydrogens (tertiary/aromatic N) is 1. The molecular formula is C25H27N3O5. The molecule has 3 rings (SSSR count). The Balaban J connectivity index is 1.83. The molecule has 0 bridgehead atoms. The van der Waals surface area contributed by atoms with Gasteiger partial charge in [-0.15, -0.1) is 0 Å². The number of aromatic nitrogens is 1. The topological polar surface area (TPSA) is 121 Å². The Kier molecular flexibility index (Phi) is 7.17. The molecule has 2 amide bonds. The van der Waals surface area contributed by atoms with Gasteiger partial charge in [0.25, 0.3) is 5.56 Å². The molecule has 0 aliphatic rings. The number of nitrogens with one attached hydrogen (secondary N) is 2. The second-order valence-electron chi connectivity index (χ2n) is 8.04. The number of carbonyl (C=O) groups excluding carboxylic acids is 1. The lowest BCUT2D eigenvalue weighted by atomic mass is 10.0. The average Bonchev–Trinajstić information content (AvgIpc) is 2.75. The molecule has 1 aromatic heterocycles. The summed E-state index contributed by atoms with van der Waals surface area (Å²) >= 11 is 0. The van der Waals surface area contributed by atoms with Crippen molar-refractivity contribution in [3.05, 3.63) is 92.9 Å². The van der Waals surface area contributed by atoms with Crippen molar-refractivity contribution in [3.8, 4) is 5.75 Å². The number of benzene rings is 2. The molecule has 0 aliphatic carbocycles. The van der Waals surface area contributed by atoms with E-state index >= 15 is 0 Å². The first-order chi connectivity index (χ1) is 15.7. The zero-order valence-corrected chi connectivity index (χ0v) is 18.8. The minimum Gasteiger partial charge on any atom is -0.505 e. The summed E-state index contributed by atoms with van der Waals surface area (Å²) in [6.07, 6.45) is 1.13. The molecule has 8 heteroatoms. The first-order valence-corrected chi connectivity index (χ1v) is 10.5. The van der Waals surface area contributed by atoms with E-state index in [9.17, 15) is 24.6 Å². The quantitative estimate of drug-likeness (QED) is 0.436. The molecule has 0 saturated carbocycles. The maximum Gasteiger partial charge on any atom is 0.319 e. The monoisotopic (exact) mass is 449 g/mol. The molecule has 8 nitrogen and oxygen atoms in total. The number of urea groups is 1. The minimum atomic E-state index is -1.08. The number of pyridine rings is 1. The Morgan fingerprint density at radius 3 is 2.24 bits per heavy atom. The molecule has 2 aromatic carbocycles. The van der Waals surface area contributed by atoms with Crippen molar-refractivity contribution in [2.75, 3.05) is 5.32 Å². The van der Waals surface area contributed by atoms with Crippen LogP contribution >= 0.6 is 0 Å². The van der Waals surface area contributed by atoms with Gasteiger partial charge in [0.15, 0.2) is 5.69 Å². The number of carbonyl (C=O) groups is 2. The second kappa shape index (κ2) is 10.0. The lowest BCUT2D eigenvalue weighted by Gasteiger charge is -2.19. The third-order valence-electron chi connectivity index (χ3n) is 5.52. The summed E-state index contributed by atoms with van der Waals surface area (Å²) in [5, 5.41) is 24.4. The summed E-state index contributed by atoms with van der Waals surface area (Å²) < 4.78 is 1.40. The largest absolute Gasteiger partial charge is 0.505 e. The van der Waals surface area contributed by atoms with Gasteiger partial charge in [-0.05, 0) is 49.1 Å². The van der Waals surface area contributed by atoms with Crippen LogP contribution in [0, 0.1) is 20.8 Å². The highest BCUT2D eigenvalue weighted by molar-refractivity contribution is 5.91. The van der Waals surface area contributed by atoms with Crippen molar-refractivity contribution >= 4 is 17.7 Å². The van der Waals surface area contributed by atoms with Crippen LogP contribution in [-0.2, 0) is 11.3 Å². The van der Waals surface area contributed by atoms with Gasteiger partial charge in [-0.2, -0.15) is 0 Å². The fraction of sp³-hybridized carbons (Fsp3) is 0.240. The molecule has 33 heavy (non-hydrogen) atoms. The predicted molar refractivity (Wildman–Crippen MR) is 126 cm³/mol. The van der Waals surface area contributed by atoms with Gasteiger partial charge in [0.05, 0.1) is 19.0 Å². The van der Waals surface area contributed by atoms with Crippen molar-refractivity contribution < 1.29 is 19.8 Å². The lowest BCUT2D eigenvalue weighted by Crippen LogP contribution is -2.36. The van der Waals surface area contributed by atoms with Crippen LogP contribution in [0.3, 0.4) is 0 Å². The molecule has 3 aromatic rings. The highest BCUT2D eigenvalue weighted by atomic mass is 16.4. The fourth-order valence-electron chi connectivity index (χ4n) is 3.61. The SMILES string of the molecule is Cc1ccc([C@H](CC(=O)O)NC(=O)Nc2c(O)ccn(Cc3c(C)cccc3C)c2=O)cc1. The Hall–Kier alpha value is -4.07. The number of hydrogen-bond acceptors (Lipinski definition) is 4. The first kappa shape index (κ1) is 23.6. The third-order valence-corrected chi connectivity index (χ3v) is 5.52. The predicted octanol–water partition coefficient (Wildman–Crippen LogP) is 3.86. The highest BCUT2D eigenvalue weighted by Gasteiger charge is 2.20. The molecule has 0 saturated heterocycles. The summed E-state index contributed by atoms with van der Waals surface area (Å²) in [5.41, 5.74) is 3.78. The number of aromatic hydroxyl groups is 1. The molecule has 0 spiro atoms. The van der Waals surface area contributed by atoms with Crippen LogP contribution in [-0.4, -0.2) is 26.8 Å². The van der Waals surface area contributed by atoms with Crippen LogP contribution in [0.2, 0.25) is 0 Å². The standard InChI is InChI=1S/C25H27N3O5/c1-15-7-9-18(10-8-15)20(13-22(30)31)26-25(33)27-23-21(29)11-12-28(24(23)32)14-19-16(2)5-4-6-17(19)3/h4-12,20,29H,13-14H2,1-3H3,(H,30,31)(H2,26,27,33)/t20-/m0/s1. The smallest absolute Gasteiger partial charge is 0.319 e. The van der Waals surface area contributed by atoms with Gasteiger partial charge in [0.2, 0.25) is 0 Å². The summed E-state index contributed by atoms with van der Waals surface area (Å²) in [4.78, 5) is 36.9. The van der Waals surface area contributed by atoms with Crippen LogP contribution in [0.1, 0.15) is 40.3 Å². The number of rotatable bonds is 7. The van der Waals surface area contributed by atoms with E-state index in [4.69, 9.17) is 0 Å². The van der Waals surface area contributed by atoms with Gasteiger partial charge in [0.1, 0.15) is 5.75 Å². The zero-order valence-electron chi connectivity index (χ0n) is 18.8. The van der Waals surface area contributed by atoms with Gasteiger partial charge in [-0.25, -0.2) is 4.79 Å². The van der Waals surface area contributed by atoms with E-state index in [2.05, 4.69) is 10.6 Å². The molecule has 1 atom stereocenters. The van der Waals surface area contributed by atoms with Crippen molar-refractivity contribution in [1.29, 1.82) is 0 Å². The highest BCUT2D eigenvalue weighted by Crippen LogP contribution is 2.21. The summed E-state index contributed by atoms with van der Waals surface area (Å²) in [6.45, 7) is 6.08. The van der Waals surface area contributed by atoms with E-state index in [1.807, 2.05) is 51.1 Å². The number of aryl methyl sites for hydroxylation is 3. The second-order valence-corrected chi connectivity index (χ2v) is 8.04. The van der Waals surface area contributed by atoms with Crippen molar-refractivity contribution in [3.63, 3.8) is 0 Å². The van der Waals surface area contributed by atoms with Crippen LogP contribution in [0.4, 0.5) is 10.5 Å². The molecule has 0 radical (unpaired) electrons. The molecule has 0 aliphatic heterocycles. The summed E-state index contributed by atoms with van der Waals surface area (Å²) in [7, 11) is 0. The average molecular weight is 450 g/mol. The molecule has 4 N–H and O–H groups in total. The third kappa shape index (κ3) is 5.79. The van der Waals surface area contributed by atoms with E-state index < -0.39 is 23.6 Å². The van der Waals surface area contributed by atoms with E-state index in [0.29, 0.717) is 5.56 Å². The fourth-order valence-corrected chi connectivity index (χ4v) is 3.61. The first-order valence-electron chi connectivity index (χ1n) is 10.5. The van der Waals surface area contributed by atoms with Crippen LogP contribution in [0.5, 0.6) is 5.75 Å². The number of aliphatic carboxylic acids is 1. The molecule has 1 heterocycles. The molecular weight excluding hydrogens is 422 g/mol. The lowest BCUT2D eigenvalue weighted by molar-refractivity contribution is -0.137. The molecule has 0 fully saturated rings. The number of anilines is 1. The van der Waals surface area contributed by atoms with E-state index in [0.717, 1.165) is 22.3 Å². The van der Waals surface area contributed by atoms with Crippen molar-refractivity contribution in [1.82, 2.24) is 9.88 Å². The van der Waals surface area contributed by atoms with Gasteiger partial charge in [0, 0.05) is 6.20 Å². The van der Waals surface area contributed by atoms with Gasteiger partial charge in [-0.3, -0.25) is 9.59 Å². The molecule has 0 unspecified atom stereocenters. The summed E-state index contributed by atoms with van der Waals surface area (Å²) in [5.74, 6) is -1.46. The number of amides is 2. The van der Waals surface area contributed by atoms with Crippen LogP contribution in [0.25, 0.3) is 0 Å². The zero-order chi connectivity index (χ0) is 24.1. The number of carboxylic acid groups (broad SMARTS) is 1. The van der Waals surface area contributed by atoms with E-state index in [1.54, 1.807) is 12.1 Å². The maximum atomic E-state index is 13.0. The summed E-state index contributed by atoms with van der Waals surface area (Å²) in [6, 6.07) is 12.7. The van der Waals surface area contributed by atoms with Crippen molar-refractivity contribution in [2.24, 2.45) is 0 Å². The van der Waals surface area contributed by atoms with E-state index in [-0.39, 0.29) is 24.4 Å². The maximum absolute atomic E-state index is 13.0. The van der Waals surface area contributed by atoms with Gasteiger partial charge < -0.3 is 25.4 Å². The Bertz CT molecular complexity index is 1210.